The van der Waals surface area contributed by atoms with Gasteiger partial charge in [-0.25, -0.2) is 4.79 Å². The minimum Gasteiger partial charge on any atom is -0.493 e. The van der Waals surface area contributed by atoms with E-state index in [1.54, 1.807) is 45.3 Å². The van der Waals surface area contributed by atoms with E-state index in [1.807, 2.05) is 31.2 Å². The van der Waals surface area contributed by atoms with Crippen LogP contribution < -0.4 is 24.4 Å². The van der Waals surface area contributed by atoms with Crippen molar-refractivity contribution in [3.8, 4) is 17.2 Å². The predicted molar refractivity (Wildman–Crippen MR) is 118 cm³/mol. The van der Waals surface area contributed by atoms with Crippen LogP contribution in [0, 0.1) is 0 Å². The SMILES string of the molecule is CCN1C(=O)C(Cc2cc(OC)c(OC)c(OC)c2)(NC(=O)N(C)C)c2ccccc21. The van der Waals surface area contributed by atoms with Crippen LogP contribution >= 0.6 is 0 Å². The molecule has 0 bridgehead atoms. The number of nitrogens with zero attached hydrogens (tertiary/aromatic N) is 2. The summed E-state index contributed by atoms with van der Waals surface area (Å²) in [6.45, 7) is 2.41. The van der Waals surface area contributed by atoms with Gasteiger partial charge in [-0.1, -0.05) is 18.2 Å². The number of amides is 3. The number of urea groups is 1. The summed E-state index contributed by atoms with van der Waals surface area (Å²) in [6, 6.07) is 10.8. The van der Waals surface area contributed by atoms with E-state index in [0.717, 1.165) is 16.8 Å². The van der Waals surface area contributed by atoms with Gasteiger partial charge in [0.05, 0.1) is 21.3 Å². The molecule has 166 valence electrons. The first-order valence-electron chi connectivity index (χ1n) is 10.0. The second-order valence-corrected chi connectivity index (χ2v) is 7.51. The molecule has 1 heterocycles. The molecule has 1 aliphatic heterocycles. The van der Waals surface area contributed by atoms with Crippen LogP contribution in [0.1, 0.15) is 18.1 Å². The third-order valence-electron chi connectivity index (χ3n) is 5.50. The van der Waals surface area contributed by atoms with E-state index < -0.39 is 5.54 Å². The van der Waals surface area contributed by atoms with E-state index >= 15 is 0 Å². The molecule has 1 atom stereocenters. The topological polar surface area (TPSA) is 80.3 Å². The standard InChI is InChI=1S/C23H29N3O5/c1-7-26-17-11-9-8-10-16(17)23(21(26)27,24-22(28)25(2)3)14-15-12-18(29-4)20(31-6)19(13-15)30-5/h8-13H,7,14H2,1-6H3,(H,24,28). The number of benzene rings is 2. The highest BCUT2D eigenvalue weighted by molar-refractivity contribution is 6.09. The second-order valence-electron chi connectivity index (χ2n) is 7.51. The van der Waals surface area contributed by atoms with Gasteiger partial charge in [-0.05, 0) is 30.7 Å². The Morgan fingerprint density at radius 3 is 2.19 bits per heavy atom. The number of para-hydroxylation sites is 1. The van der Waals surface area contributed by atoms with Crippen molar-refractivity contribution in [1.82, 2.24) is 10.2 Å². The third-order valence-corrected chi connectivity index (χ3v) is 5.50. The highest BCUT2D eigenvalue weighted by Gasteiger charge is 2.51. The Morgan fingerprint density at radius 1 is 1.06 bits per heavy atom. The second kappa shape index (κ2) is 8.75. The van der Waals surface area contributed by atoms with Crippen molar-refractivity contribution in [2.24, 2.45) is 0 Å². The molecule has 0 saturated carbocycles. The van der Waals surface area contributed by atoms with E-state index in [9.17, 15) is 9.59 Å². The lowest BCUT2D eigenvalue weighted by Crippen LogP contribution is -2.56. The number of methoxy groups -OCH3 is 3. The predicted octanol–water partition coefficient (Wildman–Crippen LogP) is 2.79. The van der Waals surface area contributed by atoms with E-state index in [0.29, 0.717) is 23.8 Å². The van der Waals surface area contributed by atoms with Crippen LogP contribution in [-0.2, 0) is 16.8 Å². The molecule has 3 rings (SSSR count). The van der Waals surface area contributed by atoms with Crippen molar-refractivity contribution in [1.29, 1.82) is 0 Å². The zero-order valence-electron chi connectivity index (χ0n) is 18.8. The molecule has 3 amide bonds. The molecule has 0 radical (unpaired) electrons. The molecule has 1 N–H and O–H groups in total. The van der Waals surface area contributed by atoms with Crippen molar-refractivity contribution in [3.05, 3.63) is 47.5 Å². The summed E-state index contributed by atoms with van der Waals surface area (Å²) in [7, 11) is 7.91. The summed E-state index contributed by atoms with van der Waals surface area (Å²) in [4.78, 5) is 29.6. The van der Waals surface area contributed by atoms with E-state index in [1.165, 1.54) is 12.0 Å². The van der Waals surface area contributed by atoms with Gasteiger partial charge in [-0.15, -0.1) is 0 Å². The molecular formula is C23H29N3O5. The van der Waals surface area contributed by atoms with Gasteiger partial charge in [0.25, 0.3) is 5.91 Å². The van der Waals surface area contributed by atoms with Gasteiger partial charge >= 0.3 is 6.03 Å². The smallest absolute Gasteiger partial charge is 0.318 e. The Bertz CT molecular complexity index is 966. The molecule has 1 aliphatic rings. The van der Waals surface area contributed by atoms with Crippen LogP contribution in [0.3, 0.4) is 0 Å². The monoisotopic (exact) mass is 427 g/mol. The maximum absolute atomic E-state index is 13.7. The number of carbonyl (C=O) groups excluding carboxylic acids is 2. The highest BCUT2D eigenvalue weighted by atomic mass is 16.5. The largest absolute Gasteiger partial charge is 0.493 e. The van der Waals surface area contributed by atoms with Gasteiger partial charge in [0.1, 0.15) is 0 Å². The van der Waals surface area contributed by atoms with Crippen LogP contribution in [0.5, 0.6) is 17.2 Å². The van der Waals surface area contributed by atoms with Crippen molar-refractivity contribution < 1.29 is 23.8 Å². The Kier molecular flexibility index (Phi) is 6.29. The number of hydrogen-bond donors (Lipinski definition) is 1. The Morgan fingerprint density at radius 2 is 1.68 bits per heavy atom. The molecule has 0 saturated heterocycles. The average molecular weight is 428 g/mol. The van der Waals surface area contributed by atoms with Crippen molar-refractivity contribution in [3.63, 3.8) is 0 Å². The number of ether oxygens (including phenoxy) is 3. The zero-order valence-corrected chi connectivity index (χ0v) is 18.8. The third kappa shape index (κ3) is 3.73. The number of fused-ring (bicyclic) bond motifs is 1. The lowest BCUT2D eigenvalue weighted by Gasteiger charge is -2.31. The summed E-state index contributed by atoms with van der Waals surface area (Å²) < 4.78 is 16.4. The number of nitrogens with one attached hydrogen (secondary N) is 1. The fourth-order valence-electron chi connectivity index (χ4n) is 4.01. The average Bonchev–Trinajstić information content (AvgIpc) is 3.00. The summed E-state index contributed by atoms with van der Waals surface area (Å²) in [6.07, 6.45) is 0.218. The minimum absolute atomic E-state index is 0.180. The van der Waals surface area contributed by atoms with Crippen molar-refractivity contribution in [2.75, 3.05) is 46.9 Å². The fourth-order valence-corrected chi connectivity index (χ4v) is 4.01. The molecule has 2 aromatic rings. The van der Waals surface area contributed by atoms with Gasteiger partial charge in [-0.2, -0.15) is 0 Å². The Balaban J connectivity index is 2.19. The number of carbonyl (C=O) groups is 2. The van der Waals surface area contributed by atoms with E-state index in [4.69, 9.17) is 14.2 Å². The lowest BCUT2D eigenvalue weighted by atomic mass is 9.84. The van der Waals surface area contributed by atoms with E-state index in [-0.39, 0.29) is 18.4 Å². The molecule has 31 heavy (non-hydrogen) atoms. The molecular weight excluding hydrogens is 398 g/mol. The first-order chi connectivity index (χ1) is 14.8. The molecule has 0 spiro atoms. The summed E-state index contributed by atoms with van der Waals surface area (Å²) >= 11 is 0. The fraction of sp³-hybridized carbons (Fsp3) is 0.391. The quantitative estimate of drug-likeness (QED) is 0.735. The van der Waals surface area contributed by atoms with Gasteiger partial charge in [-0.3, -0.25) is 4.79 Å². The van der Waals surface area contributed by atoms with Crippen LogP contribution in [0.2, 0.25) is 0 Å². The number of rotatable bonds is 7. The normalized spacial score (nSPS) is 17.2. The van der Waals surface area contributed by atoms with Crippen molar-refractivity contribution >= 4 is 17.6 Å². The molecule has 8 heteroatoms. The summed E-state index contributed by atoms with van der Waals surface area (Å²) in [5.41, 5.74) is 1.04. The molecule has 8 nitrogen and oxygen atoms in total. The number of anilines is 1. The first kappa shape index (κ1) is 22.3. The van der Waals surface area contributed by atoms with E-state index in [2.05, 4.69) is 5.32 Å². The van der Waals surface area contributed by atoms with Crippen molar-refractivity contribution in [2.45, 2.75) is 18.9 Å². The maximum Gasteiger partial charge on any atom is 0.318 e. The van der Waals surface area contributed by atoms with Crippen LogP contribution in [0.15, 0.2) is 36.4 Å². The minimum atomic E-state index is -1.27. The highest BCUT2D eigenvalue weighted by Crippen LogP contribution is 2.45. The number of likely N-dealkylation sites (N-methyl/N-ethyl adjacent to an activating group) is 1. The Labute approximate surface area is 182 Å². The Hall–Kier alpha value is -3.42. The molecule has 1 unspecified atom stereocenters. The maximum atomic E-state index is 13.7. The molecule has 0 aromatic heterocycles. The van der Waals surface area contributed by atoms with Crippen LogP contribution in [0.4, 0.5) is 10.5 Å². The van der Waals surface area contributed by atoms with Gasteiger partial charge in [0.15, 0.2) is 17.0 Å². The lowest BCUT2D eigenvalue weighted by molar-refractivity contribution is -0.124. The number of hydrogen-bond acceptors (Lipinski definition) is 5. The molecule has 0 aliphatic carbocycles. The van der Waals surface area contributed by atoms with Gasteiger partial charge < -0.3 is 29.3 Å². The summed E-state index contributed by atoms with van der Waals surface area (Å²) in [5.74, 6) is 1.25. The van der Waals surface area contributed by atoms with Crippen LogP contribution in [-0.4, -0.2) is 58.8 Å². The van der Waals surface area contributed by atoms with Gasteiger partial charge in [0.2, 0.25) is 5.75 Å². The van der Waals surface area contributed by atoms with Crippen LogP contribution in [0.25, 0.3) is 0 Å². The summed E-state index contributed by atoms with van der Waals surface area (Å²) in [5, 5.41) is 3.00. The van der Waals surface area contributed by atoms with Gasteiger partial charge in [0, 0.05) is 38.3 Å². The zero-order chi connectivity index (χ0) is 22.8. The molecule has 2 aromatic carbocycles. The first-order valence-corrected chi connectivity index (χ1v) is 10.0. The molecule has 0 fully saturated rings.